The van der Waals surface area contributed by atoms with Crippen molar-refractivity contribution >= 4 is 25.8 Å². The third-order valence-electron chi connectivity index (χ3n) is 2.79. The Balaban J connectivity index is 2.16. The molecule has 0 amide bonds. The molecule has 1 aliphatic carbocycles. The van der Waals surface area contributed by atoms with Gasteiger partial charge in [-0.15, -0.1) is 0 Å². The Kier molecular flexibility index (Phi) is 3.78. The van der Waals surface area contributed by atoms with E-state index in [9.17, 15) is 8.42 Å². The van der Waals surface area contributed by atoms with E-state index in [-0.39, 0.29) is 10.8 Å². The third-order valence-corrected chi connectivity index (χ3v) is 5.45. The molecule has 3 nitrogen and oxygen atoms in total. The van der Waals surface area contributed by atoms with E-state index in [1.54, 1.807) is 31.2 Å². The molecule has 0 saturated heterocycles. The van der Waals surface area contributed by atoms with E-state index in [0.717, 1.165) is 0 Å². The van der Waals surface area contributed by atoms with E-state index in [1.165, 1.54) is 12.8 Å². The van der Waals surface area contributed by atoms with Crippen LogP contribution >= 0.6 is 15.9 Å². The molecule has 1 aromatic rings. The van der Waals surface area contributed by atoms with E-state index in [1.807, 2.05) is 0 Å². The fourth-order valence-electron chi connectivity index (χ4n) is 1.49. The van der Waals surface area contributed by atoms with Gasteiger partial charge in [0, 0.05) is 5.92 Å². The van der Waals surface area contributed by atoms with Gasteiger partial charge in [-0.3, -0.25) is 0 Å². The van der Waals surface area contributed by atoms with Crippen molar-refractivity contribution in [1.29, 1.82) is 0 Å². The summed E-state index contributed by atoms with van der Waals surface area (Å²) in [5.74, 6) is 1.27. The van der Waals surface area contributed by atoms with Crippen LogP contribution in [0.25, 0.3) is 0 Å². The molecule has 5 heteroatoms. The Morgan fingerprint density at radius 1 is 1.47 bits per heavy atom. The first kappa shape index (κ1) is 12.9. The highest BCUT2D eigenvalue weighted by molar-refractivity contribution is 9.09. The third kappa shape index (κ3) is 3.22. The van der Waals surface area contributed by atoms with Crippen molar-refractivity contribution in [2.75, 3.05) is 5.75 Å². The minimum atomic E-state index is -3.16. The number of sulfone groups is 1. The SMILES string of the molecule is CCS(=O)(=O)c1cccc(OC(Br)C2CC2)c1. The van der Waals surface area contributed by atoms with Crippen LogP contribution in [0.4, 0.5) is 0 Å². The van der Waals surface area contributed by atoms with Gasteiger partial charge in [0.25, 0.3) is 0 Å². The molecule has 0 radical (unpaired) electrons. The molecule has 1 aromatic carbocycles. The number of hydrogen-bond donors (Lipinski definition) is 0. The maximum atomic E-state index is 11.7. The van der Waals surface area contributed by atoms with Gasteiger partial charge >= 0.3 is 0 Å². The van der Waals surface area contributed by atoms with Gasteiger partial charge in [0.2, 0.25) is 0 Å². The van der Waals surface area contributed by atoms with Crippen LogP contribution in [0.5, 0.6) is 5.75 Å². The standard InChI is InChI=1S/C12H15BrO3S/c1-2-17(14,15)11-5-3-4-10(8-11)16-12(13)9-6-7-9/h3-5,8-9,12H,2,6-7H2,1H3. The molecule has 0 aliphatic heterocycles. The lowest BCUT2D eigenvalue weighted by atomic mass is 10.3. The molecular weight excluding hydrogens is 304 g/mol. The summed E-state index contributed by atoms with van der Waals surface area (Å²) in [4.78, 5) is 0.327. The Bertz CT molecular complexity index is 494. The van der Waals surface area contributed by atoms with Crippen LogP contribution in [-0.4, -0.2) is 19.2 Å². The normalized spacial score (nSPS) is 17.8. The molecule has 1 unspecified atom stereocenters. The maximum Gasteiger partial charge on any atom is 0.178 e. The zero-order valence-corrected chi connectivity index (χ0v) is 12.0. The van der Waals surface area contributed by atoms with Crippen molar-refractivity contribution in [3.05, 3.63) is 24.3 Å². The van der Waals surface area contributed by atoms with Crippen LogP contribution in [0.3, 0.4) is 0 Å². The van der Waals surface area contributed by atoms with Gasteiger partial charge in [-0.25, -0.2) is 8.42 Å². The van der Waals surface area contributed by atoms with Crippen LogP contribution in [0.15, 0.2) is 29.2 Å². The van der Waals surface area contributed by atoms with E-state index in [0.29, 0.717) is 16.6 Å². The van der Waals surface area contributed by atoms with E-state index in [2.05, 4.69) is 15.9 Å². The van der Waals surface area contributed by atoms with Crippen LogP contribution in [0.2, 0.25) is 0 Å². The fourth-order valence-corrected chi connectivity index (χ4v) is 3.15. The molecule has 2 rings (SSSR count). The summed E-state index contributed by atoms with van der Waals surface area (Å²) < 4.78 is 29.1. The molecule has 94 valence electrons. The second-order valence-electron chi connectivity index (χ2n) is 4.18. The first-order valence-corrected chi connectivity index (χ1v) is 8.23. The second-order valence-corrected chi connectivity index (χ2v) is 7.37. The summed E-state index contributed by atoms with van der Waals surface area (Å²) in [6, 6.07) is 6.69. The average Bonchev–Trinajstić information content (AvgIpc) is 3.13. The molecule has 17 heavy (non-hydrogen) atoms. The minimum absolute atomic E-state index is 0.0120. The monoisotopic (exact) mass is 318 g/mol. The quantitative estimate of drug-likeness (QED) is 0.784. The number of benzene rings is 1. The van der Waals surface area contributed by atoms with Gasteiger partial charge in [0.1, 0.15) is 5.75 Å². The summed E-state index contributed by atoms with van der Waals surface area (Å²) in [5, 5.41) is -0.0120. The summed E-state index contributed by atoms with van der Waals surface area (Å²) in [6.07, 6.45) is 2.34. The summed E-state index contributed by atoms with van der Waals surface area (Å²) in [7, 11) is -3.16. The smallest absolute Gasteiger partial charge is 0.178 e. The largest absolute Gasteiger partial charge is 0.479 e. The van der Waals surface area contributed by atoms with Gasteiger partial charge in [0.15, 0.2) is 14.9 Å². The highest BCUT2D eigenvalue weighted by Gasteiger charge is 2.31. The Morgan fingerprint density at radius 2 is 2.18 bits per heavy atom. The molecule has 0 aromatic heterocycles. The van der Waals surface area contributed by atoms with Crippen molar-refractivity contribution in [1.82, 2.24) is 0 Å². The molecule has 0 heterocycles. The van der Waals surface area contributed by atoms with E-state index < -0.39 is 9.84 Å². The van der Waals surface area contributed by atoms with Crippen molar-refractivity contribution < 1.29 is 13.2 Å². The Hall–Kier alpha value is -0.550. The average molecular weight is 319 g/mol. The van der Waals surface area contributed by atoms with Gasteiger partial charge in [0.05, 0.1) is 10.6 Å². The predicted octanol–water partition coefficient (Wildman–Crippen LogP) is 2.99. The number of alkyl halides is 1. The number of ether oxygens (including phenoxy) is 1. The molecule has 0 spiro atoms. The van der Waals surface area contributed by atoms with Gasteiger partial charge < -0.3 is 4.74 Å². The lowest BCUT2D eigenvalue weighted by Crippen LogP contribution is -2.11. The Labute approximate surface area is 110 Å². The lowest BCUT2D eigenvalue weighted by molar-refractivity contribution is 0.271. The predicted molar refractivity (Wildman–Crippen MR) is 70.2 cm³/mol. The fraction of sp³-hybridized carbons (Fsp3) is 0.500. The van der Waals surface area contributed by atoms with Crippen molar-refractivity contribution in [2.24, 2.45) is 5.92 Å². The topological polar surface area (TPSA) is 43.4 Å². The molecule has 0 bridgehead atoms. The van der Waals surface area contributed by atoms with Gasteiger partial charge in [-0.1, -0.05) is 13.0 Å². The lowest BCUT2D eigenvalue weighted by Gasteiger charge is -2.12. The second kappa shape index (κ2) is 4.98. The number of hydrogen-bond acceptors (Lipinski definition) is 3. The summed E-state index contributed by atoms with van der Waals surface area (Å²) in [6.45, 7) is 1.64. The van der Waals surface area contributed by atoms with E-state index in [4.69, 9.17) is 4.74 Å². The number of halogens is 1. The zero-order valence-electron chi connectivity index (χ0n) is 9.60. The molecule has 1 aliphatic rings. The first-order valence-electron chi connectivity index (χ1n) is 5.66. The summed E-state index contributed by atoms with van der Waals surface area (Å²) >= 11 is 3.46. The molecular formula is C12H15BrO3S. The van der Waals surface area contributed by atoms with Gasteiger partial charge in [-0.05, 0) is 47.0 Å². The van der Waals surface area contributed by atoms with Crippen molar-refractivity contribution in [2.45, 2.75) is 29.7 Å². The molecule has 1 atom stereocenters. The minimum Gasteiger partial charge on any atom is -0.479 e. The van der Waals surface area contributed by atoms with Gasteiger partial charge in [-0.2, -0.15) is 0 Å². The molecule has 1 fully saturated rings. The van der Waals surface area contributed by atoms with Crippen molar-refractivity contribution in [3.8, 4) is 5.75 Å². The Morgan fingerprint density at radius 3 is 2.76 bits per heavy atom. The van der Waals surface area contributed by atoms with Crippen LogP contribution in [-0.2, 0) is 9.84 Å². The zero-order chi connectivity index (χ0) is 12.5. The first-order chi connectivity index (χ1) is 8.03. The highest BCUT2D eigenvalue weighted by Crippen LogP contribution is 2.37. The highest BCUT2D eigenvalue weighted by atomic mass is 79.9. The van der Waals surface area contributed by atoms with Crippen LogP contribution < -0.4 is 4.74 Å². The van der Waals surface area contributed by atoms with E-state index >= 15 is 0 Å². The number of rotatable bonds is 5. The molecule has 1 saturated carbocycles. The maximum absolute atomic E-state index is 11.7. The summed E-state index contributed by atoms with van der Waals surface area (Å²) in [5.41, 5.74) is 0. The van der Waals surface area contributed by atoms with Crippen LogP contribution in [0, 0.1) is 5.92 Å². The van der Waals surface area contributed by atoms with Crippen molar-refractivity contribution in [3.63, 3.8) is 0 Å². The molecule has 0 N–H and O–H groups in total. The van der Waals surface area contributed by atoms with Crippen LogP contribution in [0.1, 0.15) is 19.8 Å².